The summed E-state index contributed by atoms with van der Waals surface area (Å²) in [5.74, 6) is 0.657. The van der Waals surface area contributed by atoms with E-state index >= 15 is 0 Å². The predicted molar refractivity (Wildman–Crippen MR) is 79.0 cm³/mol. The molecule has 0 spiro atoms. The van der Waals surface area contributed by atoms with Crippen molar-refractivity contribution < 1.29 is 4.79 Å². The zero-order valence-electron chi connectivity index (χ0n) is 11.3. The van der Waals surface area contributed by atoms with Crippen molar-refractivity contribution in [1.82, 2.24) is 20.1 Å². The van der Waals surface area contributed by atoms with Crippen LogP contribution in [-0.2, 0) is 6.54 Å². The van der Waals surface area contributed by atoms with Gasteiger partial charge in [0.15, 0.2) is 5.82 Å². The molecule has 5 nitrogen and oxygen atoms in total. The molecular weight excluding hydrogens is 264 g/mol. The van der Waals surface area contributed by atoms with Crippen LogP contribution in [0.2, 0.25) is 0 Å². The van der Waals surface area contributed by atoms with Gasteiger partial charge >= 0.3 is 0 Å². The summed E-state index contributed by atoms with van der Waals surface area (Å²) < 4.78 is 1.69. The maximum Gasteiger partial charge on any atom is 0.251 e. The summed E-state index contributed by atoms with van der Waals surface area (Å²) in [6.07, 6.45) is 5.27. The van der Waals surface area contributed by atoms with E-state index in [9.17, 15) is 4.79 Å². The molecule has 1 aromatic carbocycles. The fourth-order valence-electron chi connectivity index (χ4n) is 1.94. The molecule has 21 heavy (non-hydrogen) atoms. The smallest absolute Gasteiger partial charge is 0.251 e. The van der Waals surface area contributed by atoms with Crippen LogP contribution in [0, 0.1) is 0 Å². The highest BCUT2D eigenvalue weighted by Crippen LogP contribution is 2.05. The molecule has 3 aromatic rings. The van der Waals surface area contributed by atoms with Crippen molar-refractivity contribution in [2.24, 2.45) is 0 Å². The van der Waals surface area contributed by atoms with Gasteiger partial charge in [-0.1, -0.05) is 24.3 Å². The van der Waals surface area contributed by atoms with Crippen LogP contribution < -0.4 is 5.32 Å². The molecule has 0 saturated carbocycles. The standard InChI is InChI=1S/C16H14N4O/c21-16(14-5-2-1-3-6-14)18-12-13-7-8-15(17-11-13)20-10-4-9-19-20/h1-11H,12H2,(H,18,21). The average Bonchev–Trinajstić information content (AvgIpc) is 3.08. The van der Waals surface area contributed by atoms with Gasteiger partial charge in [0.05, 0.1) is 0 Å². The average molecular weight is 278 g/mol. The molecule has 2 aromatic heterocycles. The Morgan fingerprint density at radius 3 is 2.62 bits per heavy atom. The van der Waals surface area contributed by atoms with Crippen LogP contribution in [0.5, 0.6) is 0 Å². The molecule has 104 valence electrons. The summed E-state index contributed by atoms with van der Waals surface area (Å²) in [6, 6.07) is 14.8. The van der Waals surface area contributed by atoms with E-state index in [-0.39, 0.29) is 5.91 Å². The van der Waals surface area contributed by atoms with Gasteiger partial charge in [-0.2, -0.15) is 5.10 Å². The molecule has 0 saturated heterocycles. The fraction of sp³-hybridized carbons (Fsp3) is 0.0625. The molecule has 2 heterocycles. The minimum Gasteiger partial charge on any atom is -0.348 e. The lowest BCUT2D eigenvalue weighted by atomic mass is 10.2. The van der Waals surface area contributed by atoms with Gasteiger partial charge in [0.25, 0.3) is 5.91 Å². The van der Waals surface area contributed by atoms with E-state index in [4.69, 9.17) is 0 Å². The summed E-state index contributed by atoms with van der Waals surface area (Å²) in [5, 5.41) is 6.98. The molecule has 0 atom stereocenters. The molecule has 3 rings (SSSR count). The van der Waals surface area contributed by atoms with E-state index in [0.717, 1.165) is 11.4 Å². The first-order valence-corrected chi connectivity index (χ1v) is 6.61. The number of hydrogen-bond donors (Lipinski definition) is 1. The maximum atomic E-state index is 11.9. The lowest BCUT2D eigenvalue weighted by Crippen LogP contribution is -2.22. The van der Waals surface area contributed by atoms with Gasteiger partial charge in [-0.25, -0.2) is 9.67 Å². The molecule has 5 heteroatoms. The molecule has 0 aliphatic carbocycles. The highest BCUT2D eigenvalue weighted by molar-refractivity contribution is 5.94. The molecule has 0 radical (unpaired) electrons. The molecule has 1 N–H and O–H groups in total. The zero-order chi connectivity index (χ0) is 14.5. The molecule has 1 amide bonds. The minimum absolute atomic E-state index is 0.0910. The Morgan fingerprint density at radius 1 is 1.10 bits per heavy atom. The van der Waals surface area contributed by atoms with E-state index in [0.29, 0.717) is 12.1 Å². The van der Waals surface area contributed by atoms with Crippen molar-refractivity contribution in [2.45, 2.75) is 6.54 Å². The van der Waals surface area contributed by atoms with E-state index in [2.05, 4.69) is 15.4 Å². The second-order valence-corrected chi connectivity index (χ2v) is 4.52. The Balaban J connectivity index is 1.62. The van der Waals surface area contributed by atoms with Crippen LogP contribution >= 0.6 is 0 Å². The lowest BCUT2D eigenvalue weighted by Gasteiger charge is -2.06. The highest BCUT2D eigenvalue weighted by Gasteiger charge is 2.04. The Bertz CT molecular complexity index is 706. The first-order valence-electron chi connectivity index (χ1n) is 6.61. The monoisotopic (exact) mass is 278 g/mol. The number of amides is 1. The molecular formula is C16H14N4O. The molecule has 0 aliphatic heterocycles. The van der Waals surface area contributed by atoms with Crippen LogP contribution in [0.4, 0.5) is 0 Å². The van der Waals surface area contributed by atoms with Crippen LogP contribution in [0.25, 0.3) is 5.82 Å². The SMILES string of the molecule is O=C(NCc1ccc(-n2cccn2)nc1)c1ccccc1. The van der Waals surface area contributed by atoms with Crippen LogP contribution in [-0.4, -0.2) is 20.7 Å². The first-order chi connectivity index (χ1) is 10.3. The van der Waals surface area contributed by atoms with Crippen molar-refractivity contribution in [3.8, 4) is 5.82 Å². The highest BCUT2D eigenvalue weighted by atomic mass is 16.1. The van der Waals surface area contributed by atoms with Crippen LogP contribution in [0.1, 0.15) is 15.9 Å². The third kappa shape index (κ3) is 3.14. The van der Waals surface area contributed by atoms with Crippen molar-refractivity contribution >= 4 is 5.91 Å². The number of aromatic nitrogens is 3. The number of pyridine rings is 1. The summed E-state index contributed by atoms with van der Waals surface area (Å²) in [4.78, 5) is 16.2. The van der Waals surface area contributed by atoms with Gasteiger partial charge in [-0.3, -0.25) is 4.79 Å². The van der Waals surface area contributed by atoms with Crippen molar-refractivity contribution in [1.29, 1.82) is 0 Å². The number of hydrogen-bond acceptors (Lipinski definition) is 3. The third-order valence-electron chi connectivity index (χ3n) is 3.04. The summed E-state index contributed by atoms with van der Waals surface area (Å²) in [6.45, 7) is 0.445. The van der Waals surface area contributed by atoms with Crippen LogP contribution in [0.3, 0.4) is 0 Å². The topological polar surface area (TPSA) is 59.8 Å². The van der Waals surface area contributed by atoms with E-state index < -0.39 is 0 Å². The Kier molecular flexibility index (Phi) is 3.73. The van der Waals surface area contributed by atoms with Gasteiger partial charge in [0.2, 0.25) is 0 Å². The Morgan fingerprint density at radius 2 is 1.95 bits per heavy atom. The normalized spacial score (nSPS) is 10.3. The zero-order valence-corrected chi connectivity index (χ0v) is 11.3. The predicted octanol–water partition coefficient (Wildman–Crippen LogP) is 2.20. The van der Waals surface area contributed by atoms with Gasteiger partial charge in [-0.05, 0) is 29.8 Å². The number of benzene rings is 1. The second kappa shape index (κ2) is 6.00. The number of rotatable bonds is 4. The summed E-state index contributed by atoms with van der Waals surface area (Å²) in [7, 11) is 0. The second-order valence-electron chi connectivity index (χ2n) is 4.52. The first kappa shape index (κ1) is 13.1. The maximum absolute atomic E-state index is 11.9. The molecule has 0 unspecified atom stereocenters. The van der Waals surface area contributed by atoms with Gasteiger partial charge < -0.3 is 5.32 Å². The van der Waals surface area contributed by atoms with Crippen molar-refractivity contribution in [3.05, 3.63) is 78.2 Å². The minimum atomic E-state index is -0.0910. The van der Waals surface area contributed by atoms with Crippen molar-refractivity contribution in [3.63, 3.8) is 0 Å². The van der Waals surface area contributed by atoms with E-state index in [1.54, 1.807) is 29.2 Å². The van der Waals surface area contributed by atoms with Gasteiger partial charge in [-0.15, -0.1) is 0 Å². The van der Waals surface area contributed by atoms with E-state index in [1.165, 1.54) is 0 Å². The Labute approximate surface area is 122 Å². The number of carbonyl (C=O) groups excluding carboxylic acids is 1. The largest absolute Gasteiger partial charge is 0.348 e. The number of nitrogens with zero attached hydrogens (tertiary/aromatic N) is 3. The van der Waals surface area contributed by atoms with Crippen molar-refractivity contribution in [2.75, 3.05) is 0 Å². The third-order valence-corrected chi connectivity index (χ3v) is 3.04. The number of carbonyl (C=O) groups is 1. The quantitative estimate of drug-likeness (QED) is 0.796. The molecule has 0 bridgehead atoms. The lowest BCUT2D eigenvalue weighted by molar-refractivity contribution is 0.0951. The molecule has 0 fully saturated rings. The van der Waals surface area contributed by atoms with Gasteiger partial charge in [0, 0.05) is 30.7 Å². The fourth-order valence-corrected chi connectivity index (χ4v) is 1.94. The van der Waals surface area contributed by atoms with E-state index in [1.807, 2.05) is 42.6 Å². The Hall–Kier alpha value is -2.95. The number of nitrogens with one attached hydrogen (secondary N) is 1. The summed E-state index contributed by atoms with van der Waals surface area (Å²) >= 11 is 0. The van der Waals surface area contributed by atoms with Crippen LogP contribution in [0.15, 0.2) is 67.1 Å². The van der Waals surface area contributed by atoms with Gasteiger partial charge in [0.1, 0.15) is 0 Å². The summed E-state index contributed by atoms with van der Waals surface area (Å²) in [5.41, 5.74) is 1.59. The molecule has 0 aliphatic rings.